The molecule has 0 aromatic rings. The van der Waals surface area contributed by atoms with Crippen molar-refractivity contribution >= 4 is 11.9 Å². The Balaban J connectivity index is 2.00. The van der Waals surface area contributed by atoms with Gasteiger partial charge in [0.05, 0.1) is 0 Å². The molecule has 1 heterocycles. The topological polar surface area (TPSA) is 66.6 Å². The number of hydrogen-bond donors (Lipinski definition) is 1. The van der Waals surface area contributed by atoms with Crippen molar-refractivity contribution in [3.8, 4) is 0 Å². The van der Waals surface area contributed by atoms with Crippen molar-refractivity contribution in [3.05, 3.63) is 0 Å². The summed E-state index contributed by atoms with van der Waals surface area (Å²) >= 11 is 0. The first-order valence-electron chi connectivity index (χ1n) is 7.41. The zero-order valence-electron chi connectivity index (χ0n) is 11.8. The van der Waals surface area contributed by atoms with Gasteiger partial charge in [-0.05, 0) is 31.6 Å². The highest BCUT2D eigenvalue weighted by atomic mass is 16.2. The predicted molar refractivity (Wildman–Crippen MR) is 73.5 cm³/mol. The molecule has 1 aliphatic carbocycles. The Labute approximate surface area is 115 Å². The average molecular weight is 267 g/mol. The van der Waals surface area contributed by atoms with Gasteiger partial charge in [0.2, 0.25) is 5.91 Å². The van der Waals surface area contributed by atoms with Crippen LogP contribution in [0.25, 0.3) is 0 Å². The third-order valence-electron chi connectivity index (χ3n) is 4.39. The molecule has 1 saturated heterocycles. The summed E-state index contributed by atoms with van der Waals surface area (Å²) in [6.07, 6.45) is 6.41. The zero-order valence-corrected chi connectivity index (χ0v) is 11.8. The molecule has 0 bridgehead atoms. The van der Waals surface area contributed by atoms with Crippen LogP contribution in [0.2, 0.25) is 0 Å². The number of carbonyl (C=O) groups is 2. The fourth-order valence-corrected chi connectivity index (χ4v) is 3.12. The van der Waals surface area contributed by atoms with Gasteiger partial charge in [0.1, 0.15) is 6.54 Å². The summed E-state index contributed by atoms with van der Waals surface area (Å²) in [5, 5.41) is 0. The Hall–Kier alpha value is -1.26. The lowest BCUT2D eigenvalue weighted by molar-refractivity contribution is -0.119. The molecule has 1 aliphatic heterocycles. The zero-order chi connectivity index (χ0) is 13.8. The minimum absolute atomic E-state index is 0.0117. The molecule has 0 aromatic heterocycles. The number of nitrogens with zero attached hydrogens (tertiary/aromatic N) is 2. The number of rotatable bonds is 3. The van der Waals surface area contributed by atoms with Crippen molar-refractivity contribution in [2.75, 3.05) is 19.6 Å². The molecule has 5 heteroatoms. The highest BCUT2D eigenvalue weighted by molar-refractivity contribution is 5.83. The fraction of sp³-hybridized carbons (Fsp3) is 0.857. The normalized spacial score (nSPS) is 21.6. The highest BCUT2D eigenvalue weighted by Gasteiger charge is 2.32. The van der Waals surface area contributed by atoms with Gasteiger partial charge in [-0.25, -0.2) is 4.79 Å². The molecule has 2 rings (SSSR count). The summed E-state index contributed by atoms with van der Waals surface area (Å²) in [5.74, 6) is 0.283. The summed E-state index contributed by atoms with van der Waals surface area (Å²) in [6, 6.07) is 0.219. The Morgan fingerprint density at radius 2 is 1.74 bits per heavy atom. The molecule has 2 aliphatic rings. The third kappa shape index (κ3) is 3.61. The first-order valence-corrected chi connectivity index (χ1v) is 7.41. The second kappa shape index (κ2) is 6.26. The molecule has 5 nitrogen and oxygen atoms in total. The number of nitrogens with two attached hydrogens (primary N) is 1. The van der Waals surface area contributed by atoms with Gasteiger partial charge in [0.15, 0.2) is 0 Å². The van der Waals surface area contributed by atoms with Gasteiger partial charge in [-0.1, -0.05) is 19.8 Å². The lowest BCUT2D eigenvalue weighted by Crippen LogP contribution is -2.52. The Morgan fingerprint density at radius 1 is 1.16 bits per heavy atom. The maximum absolute atomic E-state index is 12.6. The van der Waals surface area contributed by atoms with E-state index in [1.54, 1.807) is 4.90 Å². The summed E-state index contributed by atoms with van der Waals surface area (Å²) in [7, 11) is 0. The average Bonchev–Trinajstić information content (AvgIpc) is 2.89. The van der Waals surface area contributed by atoms with Crippen LogP contribution in [0, 0.1) is 5.92 Å². The van der Waals surface area contributed by atoms with E-state index in [1.807, 2.05) is 4.90 Å². The Bertz CT molecular complexity index is 332. The van der Waals surface area contributed by atoms with E-state index < -0.39 is 5.91 Å². The van der Waals surface area contributed by atoms with E-state index in [0.717, 1.165) is 51.6 Å². The molecule has 2 fully saturated rings. The van der Waals surface area contributed by atoms with Crippen molar-refractivity contribution < 1.29 is 9.59 Å². The second-order valence-electron chi connectivity index (χ2n) is 5.98. The van der Waals surface area contributed by atoms with E-state index in [0.29, 0.717) is 5.92 Å². The van der Waals surface area contributed by atoms with Crippen LogP contribution in [0.5, 0.6) is 0 Å². The molecule has 19 heavy (non-hydrogen) atoms. The minimum Gasteiger partial charge on any atom is -0.368 e. The van der Waals surface area contributed by atoms with Crippen LogP contribution >= 0.6 is 0 Å². The number of likely N-dealkylation sites (tertiary alicyclic amines) is 1. The van der Waals surface area contributed by atoms with E-state index in [1.165, 1.54) is 0 Å². The van der Waals surface area contributed by atoms with Gasteiger partial charge in [0.25, 0.3) is 0 Å². The Morgan fingerprint density at radius 3 is 2.26 bits per heavy atom. The third-order valence-corrected chi connectivity index (χ3v) is 4.39. The lowest BCUT2D eigenvalue weighted by Gasteiger charge is -2.37. The fourth-order valence-electron chi connectivity index (χ4n) is 3.12. The van der Waals surface area contributed by atoms with Crippen LogP contribution in [-0.2, 0) is 4.79 Å². The SMILES string of the molecule is CC1CCN(C(=O)N(CC(N)=O)C2CCCC2)CC1. The highest BCUT2D eigenvalue weighted by Crippen LogP contribution is 2.25. The van der Waals surface area contributed by atoms with Crippen LogP contribution in [0.4, 0.5) is 4.79 Å². The minimum atomic E-state index is -0.411. The van der Waals surface area contributed by atoms with Crippen LogP contribution in [0.1, 0.15) is 45.4 Å². The Kier molecular flexibility index (Phi) is 4.66. The lowest BCUT2D eigenvalue weighted by atomic mass is 9.99. The molecule has 108 valence electrons. The molecular formula is C14H25N3O2. The van der Waals surface area contributed by atoms with E-state index in [2.05, 4.69) is 6.92 Å². The summed E-state index contributed by atoms with van der Waals surface area (Å²) in [5.41, 5.74) is 5.30. The molecule has 2 N–H and O–H groups in total. The molecular weight excluding hydrogens is 242 g/mol. The van der Waals surface area contributed by atoms with Gasteiger partial charge >= 0.3 is 6.03 Å². The van der Waals surface area contributed by atoms with Gasteiger partial charge in [0, 0.05) is 19.1 Å². The molecule has 1 saturated carbocycles. The van der Waals surface area contributed by atoms with Crippen molar-refractivity contribution in [1.82, 2.24) is 9.80 Å². The first kappa shape index (κ1) is 14.2. The molecule has 0 spiro atoms. The van der Waals surface area contributed by atoms with Crippen LogP contribution in [0.15, 0.2) is 0 Å². The summed E-state index contributed by atoms with van der Waals surface area (Å²) < 4.78 is 0. The van der Waals surface area contributed by atoms with Gasteiger partial charge in [-0.2, -0.15) is 0 Å². The van der Waals surface area contributed by atoms with Crippen molar-refractivity contribution in [2.45, 2.75) is 51.5 Å². The number of carbonyl (C=O) groups excluding carboxylic acids is 2. The largest absolute Gasteiger partial charge is 0.368 e. The summed E-state index contributed by atoms with van der Waals surface area (Å²) in [4.78, 5) is 27.4. The summed E-state index contributed by atoms with van der Waals surface area (Å²) in [6.45, 7) is 3.90. The first-order chi connectivity index (χ1) is 9.08. The number of primary amides is 1. The smallest absolute Gasteiger partial charge is 0.320 e. The molecule has 0 unspecified atom stereocenters. The predicted octanol–water partition coefficient (Wildman–Crippen LogP) is 1.57. The molecule has 3 amide bonds. The standard InChI is InChI=1S/C14H25N3O2/c1-11-6-8-16(9-7-11)14(19)17(10-13(15)18)12-4-2-3-5-12/h11-12H,2-10H2,1H3,(H2,15,18). The van der Waals surface area contributed by atoms with Crippen LogP contribution in [-0.4, -0.2) is 47.4 Å². The van der Waals surface area contributed by atoms with Crippen LogP contribution < -0.4 is 5.73 Å². The number of hydrogen-bond acceptors (Lipinski definition) is 2. The second-order valence-corrected chi connectivity index (χ2v) is 5.98. The maximum atomic E-state index is 12.6. The quantitative estimate of drug-likeness (QED) is 0.843. The van der Waals surface area contributed by atoms with Crippen molar-refractivity contribution in [3.63, 3.8) is 0 Å². The maximum Gasteiger partial charge on any atom is 0.320 e. The monoisotopic (exact) mass is 267 g/mol. The number of amides is 3. The van der Waals surface area contributed by atoms with E-state index in [9.17, 15) is 9.59 Å². The number of urea groups is 1. The van der Waals surface area contributed by atoms with Gasteiger partial charge < -0.3 is 15.5 Å². The van der Waals surface area contributed by atoms with Crippen LogP contribution in [0.3, 0.4) is 0 Å². The van der Waals surface area contributed by atoms with Crippen molar-refractivity contribution in [2.24, 2.45) is 11.7 Å². The van der Waals surface area contributed by atoms with Crippen molar-refractivity contribution in [1.29, 1.82) is 0 Å². The number of piperidine rings is 1. The van der Waals surface area contributed by atoms with E-state index >= 15 is 0 Å². The molecule has 0 radical (unpaired) electrons. The van der Waals surface area contributed by atoms with E-state index in [-0.39, 0.29) is 18.6 Å². The van der Waals surface area contributed by atoms with Gasteiger partial charge in [-0.15, -0.1) is 0 Å². The van der Waals surface area contributed by atoms with Gasteiger partial charge in [-0.3, -0.25) is 4.79 Å². The molecule has 0 atom stereocenters. The molecule has 0 aromatic carbocycles. The van der Waals surface area contributed by atoms with E-state index in [4.69, 9.17) is 5.73 Å².